The molecule has 0 atom stereocenters. The van der Waals surface area contributed by atoms with Crippen molar-refractivity contribution in [3.05, 3.63) is 103 Å². The van der Waals surface area contributed by atoms with Crippen LogP contribution in [-0.2, 0) is 0 Å². The van der Waals surface area contributed by atoms with Crippen LogP contribution in [0, 0.1) is 0 Å². The SMILES string of the molecule is CC(C)c1ccc(-c2ccc3c(c2)c2c4ccccc4cc4c5ccccc5n3c42)cc1. The molecule has 0 spiro atoms. The highest BCUT2D eigenvalue weighted by Gasteiger charge is 2.19. The molecule has 0 saturated heterocycles. The van der Waals surface area contributed by atoms with Gasteiger partial charge in [0.15, 0.2) is 0 Å². The zero-order chi connectivity index (χ0) is 21.4. The molecular weight excluding hydrogens is 386 g/mol. The van der Waals surface area contributed by atoms with E-state index >= 15 is 0 Å². The van der Waals surface area contributed by atoms with Crippen LogP contribution in [0.15, 0.2) is 97.1 Å². The first-order valence-corrected chi connectivity index (χ1v) is 11.4. The van der Waals surface area contributed by atoms with Gasteiger partial charge in [0.2, 0.25) is 0 Å². The lowest BCUT2D eigenvalue weighted by molar-refractivity contribution is 0.867. The van der Waals surface area contributed by atoms with Crippen molar-refractivity contribution < 1.29 is 0 Å². The Balaban J connectivity index is 1.63. The number of rotatable bonds is 2. The second-order valence-corrected chi connectivity index (χ2v) is 9.23. The van der Waals surface area contributed by atoms with Crippen LogP contribution >= 0.6 is 0 Å². The second-order valence-electron chi connectivity index (χ2n) is 9.23. The molecule has 0 radical (unpaired) electrons. The van der Waals surface area contributed by atoms with Crippen molar-refractivity contribution in [1.82, 2.24) is 4.40 Å². The first-order chi connectivity index (χ1) is 15.7. The molecule has 2 aromatic heterocycles. The molecule has 7 rings (SSSR count). The third-order valence-electron chi connectivity index (χ3n) is 7.10. The first-order valence-electron chi connectivity index (χ1n) is 11.4. The van der Waals surface area contributed by atoms with E-state index in [1.54, 1.807) is 0 Å². The molecule has 7 aromatic rings. The number of para-hydroxylation sites is 1. The minimum absolute atomic E-state index is 0.548. The molecule has 0 amide bonds. The van der Waals surface area contributed by atoms with E-state index in [9.17, 15) is 0 Å². The molecule has 0 aliphatic carbocycles. The number of benzene rings is 5. The summed E-state index contributed by atoms with van der Waals surface area (Å²) in [7, 11) is 0. The lowest BCUT2D eigenvalue weighted by Gasteiger charge is -2.08. The summed E-state index contributed by atoms with van der Waals surface area (Å²) in [6.45, 7) is 4.49. The van der Waals surface area contributed by atoms with E-state index in [0.29, 0.717) is 5.92 Å². The zero-order valence-electron chi connectivity index (χ0n) is 18.3. The van der Waals surface area contributed by atoms with Gasteiger partial charge in [0.05, 0.1) is 16.6 Å². The first kappa shape index (κ1) is 17.8. The van der Waals surface area contributed by atoms with Crippen LogP contribution in [0.5, 0.6) is 0 Å². The Hall–Kier alpha value is -3.84. The van der Waals surface area contributed by atoms with Crippen molar-refractivity contribution in [2.75, 3.05) is 0 Å². The fourth-order valence-corrected chi connectivity index (χ4v) is 5.49. The summed E-state index contributed by atoms with van der Waals surface area (Å²) in [6.07, 6.45) is 0. The third-order valence-corrected chi connectivity index (χ3v) is 7.10. The van der Waals surface area contributed by atoms with Gasteiger partial charge in [-0.15, -0.1) is 0 Å². The van der Waals surface area contributed by atoms with Gasteiger partial charge in [0.1, 0.15) is 0 Å². The largest absolute Gasteiger partial charge is 0.308 e. The minimum atomic E-state index is 0.548. The quantitative estimate of drug-likeness (QED) is 0.269. The van der Waals surface area contributed by atoms with E-state index in [0.717, 1.165) is 0 Å². The van der Waals surface area contributed by atoms with Crippen LogP contribution in [0.1, 0.15) is 25.3 Å². The fourth-order valence-electron chi connectivity index (χ4n) is 5.49. The average Bonchev–Trinajstić information content (AvgIpc) is 3.35. The molecule has 0 aliphatic heterocycles. The standard InChI is InChI=1S/C31H23N/c1-19(2)20-11-13-21(14-12-20)22-15-16-29-27(17-22)30-24-8-4-3-7-23(24)18-26-25-9-5-6-10-28(25)32(29)31(26)30/h3-19H,1-2H3. The van der Waals surface area contributed by atoms with Crippen LogP contribution in [0.2, 0.25) is 0 Å². The van der Waals surface area contributed by atoms with E-state index in [-0.39, 0.29) is 0 Å². The van der Waals surface area contributed by atoms with Crippen LogP contribution in [0.3, 0.4) is 0 Å². The molecular formula is C31H23N. The molecule has 2 heterocycles. The van der Waals surface area contributed by atoms with Gasteiger partial charge < -0.3 is 4.40 Å². The Morgan fingerprint density at radius 1 is 0.562 bits per heavy atom. The fraction of sp³-hybridized carbons (Fsp3) is 0.0968. The highest BCUT2D eigenvalue weighted by molar-refractivity contribution is 6.31. The van der Waals surface area contributed by atoms with E-state index in [1.807, 2.05) is 0 Å². The van der Waals surface area contributed by atoms with Crippen LogP contribution < -0.4 is 0 Å². The van der Waals surface area contributed by atoms with Crippen molar-refractivity contribution >= 4 is 48.9 Å². The van der Waals surface area contributed by atoms with Gasteiger partial charge in [-0.2, -0.15) is 0 Å². The summed E-state index contributed by atoms with van der Waals surface area (Å²) in [4.78, 5) is 0. The smallest absolute Gasteiger partial charge is 0.0626 e. The molecule has 0 fully saturated rings. The highest BCUT2D eigenvalue weighted by atomic mass is 14.9. The third kappa shape index (κ3) is 2.28. The molecule has 5 aromatic carbocycles. The van der Waals surface area contributed by atoms with Crippen molar-refractivity contribution in [2.45, 2.75) is 19.8 Å². The summed E-state index contributed by atoms with van der Waals surface area (Å²) in [5.41, 5.74) is 7.84. The molecule has 1 heteroatoms. The molecule has 1 nitrogen and oxygen atoms in total. The number of hydrogen-bond acceptors (Lipinski definition) is 0. The van der Waals surface area contributed by atoms with Crippen LogP contribution in [0.25, 0.3) is 60.0 Å². The Bertz CT molecular complexity index is 1780. The predicted octanol–water partition coefficient (Wildman–Crippen LogP) is 8.78. The lowest BCUT2D eigenvalue weighted by Crippen LogP contribution is -1.87. The molecule has 0 saturated carbocycles. The molecule has 0 unspecified atom stereocenters. The van der Waals surface area contributed by atoms with Gasteiger partial charge in [-0.05, 0) is 57.6 Å². The van der Waals surface area contributed by atoms with Gasteiger partial charge in [-0.1, -0.05) is 86.6 Å². The molecule has 0 bridgehead atoms. The van der Waals surface area contributed by atoms with Crippen molar-refractivity contribution in [3.63, 3.8) is 0 Å². The van der Waals surface area contributed by atoms with Gasteiger partial charge >= 0.3 is 0 Å². The Morgan fingerprint density at radius 3 is 2.06 bits per heavy atom. The van der Waals surface area contributed by atoms with E-state index in [2.05, 4.69) is 115 Å². The van der Waals surface area contributed by atoms with E-state index in [4.69, 9.17) is 0 Å². The number of aromatic nitrogens is 1. The number of hydrogen-bond donors (Lipinski definition) is 0. The van der Waals surface area contributed by atoms with Crippen LogP contribution in [-0.4, -0.2) is 4.40 Å². The average molecular weight is 410 g/mol. The number of nitrogens with zero attached hydrogens (tertiary/aromatic N) is 1. The summed E-state index contributed by atoms with van der Waals surface area (Å²) >= 11 is 0. The number of fused-ring (bicyclic) bond motifs is 8. The maximum absolute atomic E-state index is 2.47. The normalized spacial score (nSPS) is 12.3. The monoisotopic (exact) mass is 409 g/mol. The second kappa shape index (κ2) is 6.34. The summed E-state index contributed by atoms with van der Waals surface area (Å²) in [5.74, 6) is 0.548. The lowest BCUT2D eigenvalue weighted by atomic mass is 9.96. The summed E-state index contributed by atoms with van der Waals surface area (Å²) < 4.78 is 2.47. The van der Waals surface area contributed by atoms with Gasteiger partial charge in [0, 0.05) is 21.5 Å². The van der Waals surface area contributed by atoms with E-state index in [1.165, 1.54) is 65.6 Å². The van der Waals surface area contributed by atoms with Gasteiger partial charge in [0.25, 0.3) is 0 Å². The maximum Gasteiger partial charge on any atom is 0.0626 e. The molecule has 0 aliphatic rings. The molecule has 152 valence electrons. The van der Waals surface area contributed by atoms with Crippen molar-refractivity contribution in [1.29, 1.82) is 0 Å². The molecule has 32 heavy (non-hydrogen) atoms. The van der Waals surface area contributed by atoms with Gasteiger partial charge in [-0.25, -0.2) is 0 Å². The Labute approximate surface area is 186 Å². The highest BCUT2D eigenvalue weighted by Crippen LogP contribution is 2.43. The Kier molecular flexibility index (Phi) is 3.52. The maximum atomic E-state index is 2.47. The van der Waals surface area contributed by atoms with Crippen molar-refractivity contribution in [3.8, 4) is 11.1 Å². The van der Waals surface area contributed by atoms with E-state index < -0.39 is 0 Å². The van der Waals surface area contributed by atoms with Gasteiger partial charge in [-0.3, -0.25) is 0 Å². The predicted molar refractivity (Wildman–Crippen MR) is 138 cm³/mol. The summed E-state index contributed by atoms with van der Waals surface area (Å²) in [6, 6.07) is 36.0. The summed E-state index contributed by atoms with van der Waals surface area (Å²) in [5, 5.41) is 8.00. The minimum Gasteiger partial charge on any atom is -0.308 e. The Morgan fingerprint density at radius 2 is 1.25 bits per heavy atom. The van der Waals surface area contributed by atoms with Crippen molar-refractivity contribution in [2.24, 2.45) is 0 Å². The zero-order valence-corrected chi connectivity index (χ0v) is 18.3. The topological polar surface area (TPSA) is 4.41 Å². The molecule has 0 N–H and O–H groups in total. The van der Waals surface area contributed by atoms with Crippen LogP contribution in [0.4, 0.5) is 0 Å².